The lowest BCUT2D eigenvalue weighted by molar-refractivity contribution is 0.296. The Kier molecular flexibility index (Phi) is 6.91. The van der Waals surface area contributed by atoms with E-state index in [9.17, 15) is 4.39 Å². The molecule has 1 aliphatic rings. The van der Waals surface area contributed by atoms with Gasteiger partial charge in [0.15, 0.2) is 0 Å². The van der Waals surface area contributed by atoms with E-state index in [1.54, 1.807) is 6.07 Å². The van der Waals surface area contributed by atoms with Crippen LogP contribution in [0.5, 0.6) is 0 Å². The quantitative estimate of drug-likeness (QED) is 0.454. The van der Waals surface area contributed by atoms with Crippen LogP contribution in [0.3, 0.4) is 0 Å². The highest BCUT2D eigenvalue weighted by Gasteiger charge is 2.19. The van der Waals surface area contributed by atoms with E-state index in [1.807, 2.05) is 6.07 Å². The fourth-order valence-electron chi connectivity index (χ4n) is 3.91. The van der Waals surface area contributed by atoms with Gasteiger partial charge in [0.1, 0.15) is 5.82 Å². The van der Waals surface area contributed by atoms with E-state index in [-0.39, 0.29) is 10.8 Å². The fraction of sp³-hybridized carbons (Fsp3) is 0.417. The van der Waals surface area contributed by atoms with Crippen molar-refractivity contribution in [2.45, 2.75) is 51.9 Å². The van der Waals surface area contributed by atoms with Crippen LogP contribution in [0.4, 0.5) is 4.39 Å². The van der Waals surface area contributed by atoms with E-state index < -0.39 is 0 Å². The van der Waals surface area contributed by atoms with Crippen molar-refractivity contribution in [2.24, 2.45) is 11.8 Å². The molecule has 0 heterocycles. The smallest absolute Gasteiger partial charge is 0.142 e. The summed E-state index contributed by atoms with van der Waals surface area (Å²) in [6.45, 7) is 2.21. The van der Waals surface area contributed by atoms with Crippen molar-refractivity contribution in [3.8, 4) is 11.1 Å². The summed E-state index contributed by atoms with van der Waals surface area (Å²) in [5.74, 6) is 1.31. The van der Waals surface area contributed by atoms with Gasteiger partial charge in [0.05, 0.1) is 5.02 Å². The molecule has 0 unspecified atom stereocenters. The van der Waals surface area contributed by atoms with Crippen LogP contribution in [0.1, 0.15) is 51.0 Å². The molecule has 0 amide bonds. The van der Waals surface area contributed by atoms with Gasteiger partial charge in [-0.2, -0.15) is 0 Å². The SMILES string of the molecule is CC/C=C/[C@H]1CC[C@H](CCc2ccc(-c3ccc(Cl)c(F)c3)cc2)CC1. The van der Waals surface area contributed by atoms with Crippen LogP contribution in [-0.2, 0) is 6.42 Å². The Balaban J connectivity index is 1.50. The maximum Gasteiger partial charge on any atom is 0.142 e. The van der Waals surface area contributed by atoms with Crippen LogP contribution in [0.2, 0.25) is 5.02 Å². The second-order valence-corrected chi connectivity index (χ2v) is 7.89. The number of rotatable bonds is 6. The van der Waals surface area contributed by atoms with Crippen LogP contribution in [0.25, 0.3) is 11.1 Å². The zero-order chi connectivity index (χ0) is 18.4. The average Bonchev–Trinajstić information content (AvgIpc) is 2.68. The van der Waals surface area contributed by atoms with Crippen molar-refractivity contribution in [1.82, 2.24) is 0 Å². The molecule has 0 nitrogen and oxygen atoms in total. The van der Waals surface area contributed by atoms with E-state index in [0.29, 0.717) is 0 Å². The molecule has 26 heavy (non-hydrogen) atoms. The topological polar surface area (TPSA) is 0 Å². The summed E-state index contributed by atoms with van der Waals surface area (Å²) in [4.78, 5) is 0. The van der Waals surface area contributed by atoms with E-state index in [1.165, 1.54) is 43.7 Å². The molecule has 2 aromatic carbocycles. The normalized spacial score (nSPS) is 20.6. The van der Waals surface area contributed by atoms with Gasteiger partial charge in [0.2, 0.25) is 0 Å². The van der Waals surface area contributed by atoms with Crippen molar-refractivity contribution in [2.75, 3.05) is 0 Å². The van der Waals surface area contributed by atoms with Gasteiger partial charge in [-0.05, 0) is 85.6 Å². The van der Waals surface area contributed by atoms with Gasteiger partial charge < -0.3 is 0 Å². The summed E-state index contributed by atoms with van der Waals surface area (Å²) in [7, 11) is 0. The van der Waals surface area contributed by atoms with Crippen molar-refractivity contribution in [1.29, 1.82) is 0 Å². The molecule has 2 heteroatoms. The van der Waals surface area contributed by atoms with Gasteiger partial charge in [-0.15, -0.1) is 0 Å². The minimum atomic E-state index is -0.363. The van der Waals surface area contributed by atoms with Gasteiger partial charge in [0, 0.05) is 0 Å². The third-order valence-corrected chi connectivity index (χ3v) is 5.89. The van der Waals surface area contributed by atoms with Gasteiger partial charge in [-0.3, -0.25) is 0 Å². The van der Waals surface area contributed by atoms with Crippen molar-refractivity contribution >= 4 is 11.6 Å². The molecule has 138 valence electrons. The third-order valence-electron chi connectivity index (χ3n) is 5.58. The fourth-order valence-corrected chi connectivity index (χ4v) is 4.03. The first-order valence-electron chi connectivity index (χ1n) is 9.86. The Labute approximate surface area is 162 Å². The van der Waals surface area contributed by atoms with Gasteiger partial charge >= 0.3 is 0 Å². The molecule has 0 radical (unpaired) electrons. The Morgan fingerprint density at radius 2 is 1.69 bits per heavy atom. The molecule has 2 aromatic rings. The molecular formula is C24H28ClF. The summed E-state index contributed by atoms with van der Waals surface area (Å²) in [5, 5.41) is 0.172. The lowest BCUT2D eigenvalue weighted by atomic mass is 9.79. The molecular weight excluding hydrogens is 343 g/mol. The van der Waals surface area contributed by atoms with E-state index in [4.69, 9.17) is 11.6 Å². The van der Waals surface area contributed by atoms with Crippen molar-refractivity contribution in [3.05, 3.63) is 71.0 Å². The number of hydrogen-bond acceptors (Lipinski definition) is 0. The first kappa shape index (κ1) is 19.2. The molecule has 0 bridgehead atoms. The van der Waals surface area contributed by atoms with Gasteiger partial charge in [-0.1, -0.05) is 61.0 Å². The molecule has 3 rings (SSSR count). The zero-order valence-corrected chi connectivity index (χ0v) is 16.3. The predicted octanol–water partition coefficient (Wildman–Crippen LogP) is 7.85. The highest BCUT2D eigenvalue weighted by Crippen LogP contribution is 2.32. The number of halogens is 2. The standard InChI is InChI=1S/C24H28ClF/c1-2-3-4-18-5-7-19(8-6-18)9-10-20-11-13-21(14-12-20)22-15-16-23(25)24(26)17-22/h3-4,11-19H,2,5-10H2,1H3/b4-3+/t18-,19-. The van der Waals surface area contributed by atoms with Crippen LogP contribution in [0, 0.1) is 17.7 Å². The molecule has 0 aliphatic heterocycles. The highest BCUT2D eigenvalue weighted by molar-refractivity contribution is 6.30. The predicted molar refractivity (Wildman–Crippen MR) is 110 cm³/mol. The molecule has 1 aliphatic carbocycles. The lowest BCUT2D eigenvalue weighted by Crippen LogP contribution is -2.13. The maximum absolute atomic E-state index is 13.6. The Morgan fingerprint density at radius 1 is 1.00 bits per heavy atom. The monoisotopic (exact) mass is 370 g/mol. The van der Waals surface area contributed by atoms with Crippen LogP contribution >= 0.6 is 11.6 Å². The van der Waals surface area contributed by atoms with E-state index in [2.05, 4.69) is 43.3 Å². The first-order chi connectivity index (χ1) is 12.7. The summed E-state index contributed by atoms with van der Waals surface area (Å²) in [6, 6.07) is 13.5. The number of aryl methyl sites for hydroxylation is 1. The number of allylic oxidation sites excluding steroid dienone is 2. The Morgan fingerprint density at radius 3 is 2.35 bits per heavy atom. The summed E-state index contributed by atoms with van der Waals surface area (Å²) < 4.78 is 13.6. The summed E-state index contributed by atoms with van der Waals surface area (Å²) in [5.41, 5.74) is 3.28. The van der Waals surface area contributed by atoms with Crippen LogP contribution in [0.15, 0.2) is 54.6 Å². The summed E-state index contributed by atoms with van der Waals surface area (Å²) in [6.07, 6.45) is 13.7. The van der Waals surface area contributed by atoms with E-state index >= 15 is 0 Å². The third kappa shape index (κ3) is 5.20. The Bertz CT molecular complexity index is 724. The first-order valence-corrected chi connectivity index (χ1v) is 10.2. The maximum atomic E-state index is 13.6. The van der Waals surface area contributed by atoms with Crippen LogP contribution < -0.4 is 0 Å². The number of hydrogen-bond donors (Lipinski definition) is 0. The lowest BCUT2D eigenvalue weighted by Gasteiger charge is -2.26. The Hall–Kier alpha value is -1.60. The second-order valence-electron chi connectivity index (χ2n) is 7.48. The van der Waals surface area contributed by atoms with E-state index in [0.717, 1.165) is 35.8 Å². The second kappa shape index (κ2) is 9.37. The molecule has 0 saturated heterocycles. The molecule has 1 saturated carbocycles. The van der Waals surface area contributed by atoms with Gasteiger partial charge in [0.25, 0.3) is 0 Å². The zero-order valence-electron chi connectivity index (χ0n) is 15.6. The highest BCUT2D eigenvalue weighted by atomic mass is 35.5. The number of benzene rings is 2. The minimum Gasteiger partial charge on any atom is -0.205 e. The van der Waals surface area contributed by atoms with Crippen molar-refractivity contribution in [3.63, 3.8) is 0 Å². The van der Waals surface area contributed by atoms with Crippen molar-refractivity contribution < 1.29 is 4.39 Å². The molecule has 0 N–H and O–H groups in total. The molecule has 0 aromatic heterocycles. The largest absolute Gasteiger partial charge is 0.205 e. The van der Waals surface area contributed by atoms with Gasteiger partial charge in [-0.25, -0.2) is 4.39 Å². The molecule has 0 spiro atoms. The summed E-state index contributed by atoms with van der Waals surface area (Å²) >= 11 is 5.76. The van der Waals surface area contributed by atoms with Crippen LogP contribution in [-0.4, -0.2) is 0 Å². The molecule has 0 atom stereocenters. The average molecular weight is 371 g/mol. The molecule has 1 fully saturated rings. The minimum absolute atomic E-state index is 0.172.